The highest BCUT2D eigenvalue weighted by atomic mass is 32.1. The second-order valence-corrected chi connectivity index (χ2v) is 8.24. The lowest BCUT2D eigenvalue weighted by Crippen LogP contribution is -2.48. The van der Waals surface area contributed by atoms with Crippen molar-refractivity contribution in [2.45, 2.75) is 12.8 Å². The Labute approximate surface area is 185 Å². The van der Waals surface area contributed by atoms with Crippen molar-refractivity contribution in [3.05, 3.63) is 47.2 Å². The van der Waals surface area contributed by atoms with E-state index in [4.69, 9.17) is 14.0 Å². The average molecular weight is 443 g/mol. The standard InChI is InChI=1S/C22H26N4O4S/c1-28-16-7-8-17(18(15-16)29-2)22(27)26-12-10-25(11-13-26)9-3-6-20-23-21(24-30-20)19-5-4-14-31-19/h4-5,7-8,14-15H,3,6,9-13H2,1-2H3. The quantitative estimate of drug-likeness (QED) is 0.530. The lowest BCUT2D eigenvalue weighted by atomic mass is 10.1. The van der Waals surface area contributed by atoms with Crippen LogP contribution in [0, 0.1) is 0 Å². The highest BCUT2D eigenvalue weighted by molar-refractivity contribution is 7.13. The number of rotatable bonds is 8. The largest absolute Gasteiger partial charge is 0.497 e. The highest BCUT2D eigenvalue weighted by Gasteiger charge is 2.24. The molecule has 0 radical (unpaired) electrons. The molecule has 3 aromatic rings. The molecule has 0 N–H and O–H groups in total. The number of methoxy groups -OCH3 is 2. The van der Waals surface area contributed by atoms with Gasteiger partial charge in [0.2, 0.25) is 11.7 Å². The van der Waals surface area contributed by atoms with Crippen molar-refractivity contribution >= 4 is 17.2 Å². The summed E-state index contributed by atoms with van der Waals surface area (Å²) >= 11 is 1.60. The molecule has 0 spiro atoms. The zero-order valence-corrected chi connectivity index (χ0v) is 18.6. The van der Waals surface area contributed by atoms with Gasteiger partial charge in [-0.15, -0.1) is 11.3 Å². The van der Waals surface area contributed by atoms with Crippen molar-refractivity contribution in [1.82, 2.24) is 19.9 Å². The normalized spacial score (nSPS) is 14.6. The summed E-state index contributed by atoms with van der Waals surface area (Å²) in [6.45, 7) is 4.00. The Hall–Kier alpha value is -2.91. The molecule has 0 atom stereocenters. The van der Waals surface area contributed by atoms with Crippen molar-refractivity contribution in [2.75, 3.05) is 46.9 Å². The molecule has 1 aromatic carbocycles. The molecule has 9 heteroatoms. The second kappa shape index (κ2) is 9.93. The third-order valence-corrected chi connectivity index (χ3v) is 6.24. The van der Waals surface area contributed by atoms with E-state index in [0.717, 1.165) is 37.4 Å². The Balaban J connectivity index is 1.24. The average Bonchev–Trinajstić information content (AvgIpc) is 3.51. The fraction of sp³-hybridized carbons (Fsp3) is 0.409. The van der Waals surface area contributed by atoms with Gasteiger partial charge in [0.15, 0.2) is 0 Å². The highest BCUT2D eigenvalue weighted by Crippen LogP contribution is 2.26. The lowest BCUT2D eigenvalue weighted by molar-refractivity contribution is 0.0632. The molecule has 0 aliphatic carbocycles. The van der Waals surface area contributed by atoms with Crippen LogP contribution in [0.2, 0.25) is 0 Å². The van der Waals surface area contributed by atoms with E-state index >= 15 is 0 Å². The Kier molecular flexibility index (Phi) is 6.83. The maximum atomic E-state index is 12.9. The Morgan fingerprint density at radius 2 is 2.00 bits per heavy atom. The molecular formula is C22H26N4O4S. The van der Waals surface area contributed by atoms with Gasteiger partial charge in [0, 0.05) is 38.7 Å². The Morgan fingerprint density at radius 3 is 2.71 bits per heavy atom. The van der Waals surface area contributed by atoms with E-state index in [0.29, 0.717) is 41.9 Å². The molecule has 1 fully saturated rings. The molecule has 3 heterocycles. The number of nitrogens with zero attached hydrogens (tertiary/aromatic N) is 4. The van der Waals surface area contributed by atoms with Gasteiger partial charge in [0.25, 0.3) is 5.91 Å². The second-order valence-electron chi connectivity index (χ2n) is 7.29. The summed E-state index contributed by atoms with van der Waals surface area (Å²) in [6, 6.07) is 9.26. The molecule has 1 aliphatic rings. The van der Waals surface area contributed by atoms with Gasteiger partial charge < -0.3 is 18.9 Å². The number of hydrogen-bond acceptors (Lipinski definition) is 8. The molecule has 4 rings (SSSR count). The molecule has 8 nitrogen and oxygen atoms in total. The van der Waals surface area contributed by atoms with Crippen LogP contribution in [0.3, 0.4) is 0 Å². The lowest BCUT2D eigenvalue weighted by Gasteiger charge is -2.35. The van der Waals surface area contributed by atoms with Crippen LogP contribution in [-0.4, -0.2) is 72.8 Å². The minimum atomic E-state index is -0.00822. The van der Waals surface area contributed by atoms with E-state index in [1.54, 1.807) is 43.8 Å². The zero-order chi connectivity index (χ0) is 21.6. The molecular weight excluding hydrogens is 416 g/mol. The number of thiophene rings is 1. The predicted octanol–water partition coefficient (Wildman–Crippen LogP) is 3.21. The van der Waals surface area contributed by atoms with Gasteiger partial charge in [-0.05, 0) is 36.5 Å². The number of ether oxygens (including phenoxy) is 2. The molecule has 1 aliphatic heterocycles. The number of amides is 1. The summed E-state index contributed by atoms with van der Waals surface area (Å²) in [4.78, 5) is 22.7. The minimum Gasteiger partial charge on any atom is -0.497 e. The Morgan fingerprint density at radius 1 is 1.16 bits per heavy atom. The Bertz CT molecular complexity index is 997. The molecule has 1 amide bonds. The van der Waals surface area contributed by atoms with Gasteiger partial charge in [0.1, 0.15) is 11.5 Å². The van der Waals surface area contributed by atoms with Crippen LogP contribution < -0.4 is 9.47 Å². The zero-order valence-electron chi connectivity index (χ0n) is 17.7. The van der Waals surface area contributed by atoms with E-state index in [9.17, 15) is 4.79 Å². The maximum absolute atomic E-state index is 12.9. The fourth-order valence-electron chi connectivity index (χ4n) is 3.64. The molecule has 31 heavy (non-hydrogen) atoms. The van der Waals surface area contributed by atoms with Gasteiger partial charge in [-0.25, -0.2) is 0 Å². The van der Waals surface area contributed by atoms with Gasteiger partial charge in [-0.2, -0.15) is 4.98 Å². The summed E-state index contributed by atoms with van der Waals surface area (Å²) in [6.07, 6.45) is 1.69. The van der Waals surface area contributed by atoms with Crippen molar-refractivity contribution in [1.29, 1.82) is 0 Å². The van der Waals surface area contributed by atoms with Crippen molar-refractivity contribution in [3.8, 4) is 22.2 Å². The van der Waals surface area contributed by atoms with Gasteiger partial charge in [0.05, 0.1) is 24.7 Å². The molecule has 0 bridgehead atoms. The van der Waals surface area contributed by atoms with Crippen LogP contribution in [0.1, 0.15) is 22.7 Å². The summed E-state index contributed by atoms with van der Waals surface area (Å²) in [7, 11) is 3.16. The van der Waals surface area contributed by atoms with E-state index in [-0.39, 0.29) is 5.91 Å². The van der Waals surface area contributed by atoms with Crippen LogP contribution in [0.15, 0.2) is 40.2 Å². The van der Waals surface area contributed by atoms with Crippen LogP contribution in [-0.2, 0) is 6.42 Å². The first-order valence-electron chi connectivity index (χ1n) is 10.3. The molecule has 0 saturated carbocycles. The third kappa shape index (κ3) is 5.05. The van der Waals surface area contributed by atoms with E-state index in [1.165, 1.54) is 0 Å². The van der Waals surface area contributed by atoms with Crippen LogP contribution >= 0.6 is 11.3 Å². The monoisotopic (exact) mass is 442 g/mol. The molecule has 0 unspecified atom stereocenters. The molecule has 1 saturated heterocycles. The van der Waals surface area contributed by atoms with Crippen LogP contribution in [0.4, 0.5) is 0 Å². The fourth-order valence-corrected chi connectivity index (χ4v) is 4.29. The first kappa shape index (κ1) is 21.3. The number of aromatic nitrogens is 2. The summed E-state index contributed by atoms with van der Waals surface area (Å²) in [5.41, 5.74) is 0.565. The van der Waals surface area contributed by atoms with Gasteiger partial charge in [-0.3, -0.25) is 9.69 Å². The van der Waals surface area contributed by atoms with E-state index < -0.39 is 0 Å². The van der Waals surface area contributed by atoms with E-state index in [1.807, 2.05) is 22.4 Å². The third-order valence-electron chi connectivity index (χ3n) is 5.37. The minimum absolute atomic E-state index is 0.00822. The molecule has 2 aromatic heterocycles. The van der Waals surface area contributed by atoms with Gasteiger partial charge in [-0.1, -0.05) is 11.2 Å². The number of carbonyl (C=O) groups is 1. The number of piperazine rings is 1. The molecule has 164 valence electrons. The number of benzene rings is 1. The predicted molar refractivity (Wildman–Crippen MR) is 118 cm³/mol. The summed E-state index contributed by atoms with van der Waals surface area (Å²) < 4.78 is 16.0. The van der Waals surface area contributed by atoms with Crippen molar-refractivity contribution in [2.24, 2.45) is 0 Å². The number of hydrogen-bond donors (Lipinski definition) is 0. The first-order valence-corrected chi connectivity index (χ1v) is 11.2. The first-order chi connectivity index (χ1) is 15.2. The smallest absolute Gasteiger partial charge is 0.257 e. The maximum Gasteiger partial charge on any atom is 0.257 e. The number of carbonyl (C=O) groups excluding carboxylic acids is 1. The SMILES string of the molecule is COc1ccc(C(=O)N2CCN(CCCc3nc(-c4cccs4)no3)CC2)c(OC)c1. The van der Waals surface area contributed by atoms with Crippen LogP contribution in [0.25, 0.3) is 10.7 Å². The van der Waals surface area contributed by atoms with Gasteiger partial charge >= 0.3 is 0 Å². The van der Waals surface area contributed by atoms with Crippen molar-refractivity contribution < 1.29 is 18.8 Å². The van der Waals surface area contributed by atoms with Crippen LogP contribution in [0.5, 0.6) is 11.5 Å². The van der Waals surface area contributed by atoms with Crippen molar-refractivity contribution in [3.63, 3.8) is 0 Å². The summed E-state index contributed by atoms with van der Waals surface area (Å²) in [5, 5.41) is 6.06. The number of aryl methyl sites for hydroxylation is 1. The summed E-state index contributed by atoms with van der Waals surface area (Å²) in [5.74, 6) is 2.52. The van der Waals surface area contributed by atoms with E-state index in [2.05, 4.69) is 15.0 Å². The topological polar surface area (TPSA) is 80.9 Å².